The van der Waals surface area contributed by atoms with Crippen LogP contribution in [0.25, 0.3) is 22.0 Å². The molecule has 0 unspecified atom stereocenters. The third-order valence-electron chi connectivity index (χ3n) is 4.79. The second kappa shape index (κ2) is 9.11. The molecule has 0 N–H and O–H groups in total. The van der Waals surface area contributed by atoms with Crippen molar-refractivity contribution in [3.63, 3.8) is 0 Å². The van der Waals surface area contributed by atoms with Gasteiger partial charge in [-0.15, -0.1) is 0 Å². The van der Waals surface area contributed by atoms with Crippen molar-refractivity contribution < 1.29 is 22.3 Å². The van der Waals surface area contributed by atoms with Gasteiger partial charge in [0.1, 0.15) is 17.4 Å². The van der Waals surface area contributed by atoms with Gasteiger partial charge in [0, 0.05) is 16.5 Å². The van der Waals surface area contributed by atoms with E-state index in [-0.39, 0.29) is 16.5 Å². The first kappa shape index (κ1) is 21.4. The Hall–Kier alpha value is -3.85. The molecule has 1 heterocycles. The maximum atomic E-state index is 14.6. The average molecular weight is 435 g/mol. The lowest BCUT2D eigenvalue weighted by Crippen LogP contribution is -1.96. The fraction of sp³-hybridized carbons (Fsp3) is 0.115. The minimum absolute atomic E-state index is 0.107. The molecule has 0 bridgehead atoms. The number of hydrogen-bond donors (Lipinski definition) is 0. The van der Waals surface area contributed by atoms with E-state index in [1.54, 1.807) is 12.1 Å². The predicted molar refractivity (Wildman–Crippen MR) is 115 cm³/mol. The van der Waals surface area contributed by atoms with Crippen molar-refractivity contribution in [3.8, 4) is 28.8 Å². The summed E-state index contributed by atoms with van der Waals surface area (Å²) in [7, 11) is 0. The normalized spacial score (nSPS) is 10.7. The first-order valence-corrected chi connectivity index (χ1v) is 9.94. The molecule has 0 amide bonds. The Labute approximate surface area is 182 Å². The first-order chi connectivity index (χ1) is 15.5. The fourth-order valence-electron chi connectivity index (χ4n) is 3.17. The van der Waals surface area contributed by atoms with Crippen LogP contribution in [0.4, 0.5) is 17.6 Å². The standard InChI is InChI=1S/C26H17F4NO/c1-2-11-32-19-6-10-25(31-15-19)18-13-23(28)21(24(29)14-18)8-4-16-3-7-20-17(12-16)5-9-22(27)26(20)30/h3,5-7,9-10,12-15H,2,11H2,1H3. The number of ether oxygens (including phenoxy) is 1. The highest BCUT2D eigenvalue weighted by atomic mass is 19.2. The van der Waals surface area contributed by atoms with E-state index in [0.717, 1.165) is 12.5 Å². The summed E-state index contributed by atoms with van der Waals surface area (Å²) < 4.78 is 61.8. The minimum atomic E-state index is -0.951. The van der Waals surface area contributed by atoms with Gasteiger partial charge in [-0.05, 0) is 54.3 Å². The topological polar surface area (TPSA) is 22.1 Å². The van der Waals surface area contributed by atoms with Gasteiger partial charge in [-0.3, -0.25) is 4.98 Å². The van der Waals surface area contributed by atoms with E-state index < -0.39 is 23.3 Å². The Morgan fingerprint density at radius 2 is 1.62 bits per heavy atom. The number of hydrogen-bond acceptors (Lipinski definition) is 2. The molecule has 0 radical (unpaired) electrons. The summed E-state index contributed by atoms with van der Waals surface area (Å²) >= 11 is 0. The molecule has 0 spiro atoms. The smallest absolute Gasteiger partial charge is 0.166 e. The monoisotopic (exact) mass is 435 g/mol. The molecule has 0 saturated carbocycles. The third-order valence-corrected chi connectivity index (χ3v) is 4.79. The molecule has 160 valence electrons. The Morgan fingerprint density at radius 3 is 2.31 bits per heavy atom. The zero-order chi connectivity index (χ0) is 22.7. The summed E-state index contributed by atoms with van der Waals surface area (Å²) in [6.45, 7) is 2.54. The summed E-state index contributed by atoms with van der Waals surface area (Å²) in [6, 6.07) is 12.5. The number of halogens is 4. The molecule has 0 aliphatic carbocycles. The number of pyridine rings is 1. The molecular weight excluding hydrogens is 418 g/mol. The molecule has 4 rings (SSSR count). The van der Waals surface area contributed by atoms with E-state index >= 15 is 0 Å². The van der Waals surface area contributed by atoms with E-state index in [1.807, 2.05) is 6.92 Å². The molecule has 3 aromatic carbocycles. The van der Waals surface area contributed by atoms with Crippen LogP contribution in [0, 0.1) is 35.1 Å². The van der Waals surface area contributed by atoms with Crippen LogP contribution in [0.1, 0.15) is 24.5 Å². The second-order valence-corrected chi connectivity index (χ2v) is 7.09. The molecular formula is C26H17F4NO. The summed E-state index contributed by atoms with van der Waals surface area (Å²) in [4.78, 5) is 4.20. The maximum absolute atomic E-state index is 14.6. The van der Waals surface area contributed by atoms with Crippen LogP contribution in [0.5, 0.6) is 5.75 Å². The van der Waals surface area contributed by atoms with Crippen LogP contribution in [-0.4, -0.2) is 11.6 Å². The van der Waals surface area contributed by atoms with Crippen LogP contribution in [-0.2, 0) is 0 Å². The summed E-state index contributed by atoms with van der Waals surface area (Å²) in [5.41, 5.74) is 0.698. The lowest BCUT2D eigenvalue weighted by Gasteiger charge is -2.07. The lowest BCUT2D eigenvalue weighted by molar-refractivity contribution is 0.316. The molecule has 0 fully saturated rings. The Kier molecular flexibility index (Phi) is 6.09. The maximum Gasteiger partial charge on any atom is 0.166 e. The van der Waals surface area contributed by atoms with E-state index in [2.05, 4.69) is 16.8 Å². The van der Waals surface area contributed by atoms with E-state index in [0.29, 0.717) is 29.0 Å². The minimum Gasteiger partial charge on any atom is -0.492 e. The molecule has 0 atom stereocenters. The average Bonchev–Trinajstić information content (AvgIpc) is 2.80. The van der Waals surface area contributed by atoms with Gasteiger partial charge in [0.05, 0.1) is 24.1 Å². The zero-order valence-corrected chi connectivity index (χ0v) is 17.1. The SMILES string of the molecule is CCCOc1ccc(-c2cc(F)c(C#Cc3ccc4c(F)c(F)ccc4c3)c(F)c2)nc1. The van der Waals surface area contributed by atoms with Crippen LogP contribution in [0.2, 0.25) is 0 Å². The molecule has 32 heavy (non-hydrogen) atoms. The zero-order valence-electron chi connectivity index (χ0n) is 17.1. The molecule has 0 aliphatic heterocycles. The van der Waals surface area contributed by atoms with Crippen molar-refractivity contribution in [1.82, 2.24) is 4.98 Å². The van der Waals surface area contributed by atoms with Crippen LogP contribution in [0.3, 0.4) is 0 Å². The Bertz CT molecular complexity index is 1330. The number of nitrogens with zero attached hydrogens (tertiary/aromatic N) is 1. The van der Waals surface area contributed by atoms with Crippen molar-refractivity contribution in [2.45, 2.75) is 13.3 Å². The van der Waals surface area contributed by atoms with Crippen molar-refractivity contribution >= 4 is 10.8 Å². The van der Waals surface area contributed by atoms with Crippen LogP contribution >= 0.6 is 0 Å². The summed E-state index contributed by atoms with van der Waals surface area (Å²) in [5.74, 6) is 2.20. The summed E-state index contributed by atoms with van der Waals surface area (Å²) in [5, 5.41) is 0.542. The fourth-order valence-corrected chi connectivity index (χ4v) is 3.17. The van der Waals surface area contributed by atoms with E-state index in [1.165, 1.54) is 42.6 Å². The molecule has 4 aromatic rings. The number of fused-ring (bicyclic) bond motifs is 1. The molecule has 2 nitrogen and oxygen atoms in total. The first-order valence-electron chi connectivity index (χ1n) is 9.94. The summed E-state index contributed by atoms with van der Waals surface area (Å²) in [6.07, 6.45) is 2.36. The van der Waals surface area contributed by atoms with Crippen molar-refractivity contribution in [2.24, 2.45) is 0 Å². The lowest BCUT2D eigenvalue weighted by atomic mass is 10.0. The van der Waals surface area contributed by atoms with Crippen molar-refractivity contribution in [3.05, 3.63) is 95.2 Å². The number of benzene rings is 3. The largest absolute Gasteiger partial charge is 0.492 e. The van der Waals surface area contributed by atoms with Gasteiger partial charge in [0.2, 0.25) is 0 Å². The second-order valence-electron chi connectivity index (χ2n) is 7.09. The van der Waals surface area contributed by atoms with Gasteiger partial charge in [0.25, 0.3) is 0 Å². The highest BCUT2D eigenvalue weighted by Gasteiger charge is 2.12. The van der Waals surface area contributed by atoms with Gasteiger partial charge in [0.15, 0.2) is 11.6 Å². The Balaban J connectivity index is 1.62. The van der Waals surface area contributed by atoms with Crippen LogP contribution in [0.15, 0.2) is 60.8 Å². The molecule has 6 heteroatoms. The highest BCUT2D eigenvalue weighted by molar-refractivity contribution is 5.84. The van der Waals surface area contributed by atoms with Gasteiger partial charge in [-0.25, -0.2) is 17.6 Å². The van der Waals surface area contributed by atoms with E-state index in [9.17, 15) is 17.6 Å². The number of rotatable bonds is 4. The molecule has 0 aliphatic rings. The quantitative estimate of drug-likeness (QED) is 0.265. The number of aromatic nitrogens is 1. The third kappa shape index (κ3) is 4.42. The van der Waals surface area contributed by atoms with Gasteiger partial charge < -0.3 is 4.74 Å². The van der Waals surface area contributed by atoms with Gasteiger partial charge >= 0.3 is 0 Å². The highest BCUT2D eigenvalue weighted by Crippen LogP contribution is 2.25. The van der Waals surface area contributed by atoms with Gasteiger partial charge in [-0.1, -0.05) is 30.9 Å². The molecule has 0 saturated heterocycles. The van der Waals surface area contributed by atoms with Crippen LogP contribution < -0.4 is 4.74 Å². The molecule has 1 aromatic heterocycles. The predicted octanol–water partition coefficient (Wildman–Crippen LogP) is 6.65. The van der Waals surface area contributed by atoms with Gasteiger partial charge in [-0.2, -0.15) is 0 Å². The van der Waals surface area contributed by atoms with Crippen molar-refractivity contribution in [2.75, 3.05) is 6.61 Å². The van der Waals surface area contributed by atoms with E-state index in [4.69, 9.17) is 4.74 Å². The Morgan fingerprint density at radius 1 is 0.844 bits per heavy atom. The van der Waals surface area contributed by atoms with Crippen molar-refractivity contribution in [1.29, 1.82) is 0 Å².